The summed E-state index contributed by atoms with van der Waals surface area (Å²) in [4.78, 5) is 0. The summed E-state index contributed by atoms with van der Waals surface area (Å²) in [6.45, 7) is 9.36. The Morgan fingerprint density at radius 2 is 1.67 bits per heavy atom. The second kappa shape index (κ2) is 5.49. The molecule has 1 nitrogen and oxygen atoms in total. The van der Waals surface area contributed by atoms with Crippen LogP contribution < -0.4 is 0 Å². The van der Waals surface area contributed by atoms with Gasteiger partial charge in [-0.3, -0.25) is 0 Å². The van der Waals surface area contributed by atoms with Gasteiger partial charge in [0.2, 0.25) is 0 Å². The zero-order valence-corrected chi connectivity index (χ0v) is 8.79. The summed E-state index contributed by atoms with van der Waals surface area (Å²) >= 11 is 3.88. The van der Waals surface area contributed by atoms with E-state index < -0.39 is 0 Å². The molecule has 66 valence electrons. The van der Waals surface area contributed by atoms with Crippen molar-refractivity contribution >= 4 is 27.9 Å². The second-order valence-corrected chi connectivity index (χ2v) is 4.87. The van der Waals surface area contributed by atoms with E-state index in [0.717, 1.165) is 13.1 Å². The maximum Gasteiger partial charge on any atom is 0.270 e. The molecule has 0 aromatic rings. The molecule has 0 aliphatic carbocycles. The van der Waals surface area contributed by atoms with Gasteiger partial charge in [0.25, 0.3) is 4.38 Å². The van der Waals surface area contributed by atoms with Gasteiger partial charge in [-0.2, -0.15) is 0 Å². The molecule has 0 atom stereocenters. The Balaban J connectivity index is 2.65. The molecule has 0 saturated carbocycles. The number of nitrogens with zero attached hydrogens (tertiary/aromatic N) is 1. The Hall–Kier alpha value is -0.150. The molecule has 0 radical (unpaired) electrons. The first-order chi connectivity index (χ1) is 5.88. The Morgan fingerprint density at radius 3 is 2.08 bits per heavy atom. The summed E-state index contributed by atoms with van der Waals surface area (Å²) in [6, 6.07) is 0. The van der Waals surface area contributed by atoms with Crippen molar-refractivity contribution in [1.82, 2.24) is 0 Å². The molecule has 0 bridgehead atoms. The molecule has 1 saturated heterocycles. The highest BCUT2D eigenvalue weighted by molar-refractivity contribution is 8.41. The predicted molar refractivity (Wildman–Crippen MR) is 60.3 cm³/mol. The van der Waals surface area contributed by atoms with Crippen molar-refractivity contribution in [1.29, 1.82) is 0 Å². The smallest absolute Gasteiger partial charge is 0.211 e. The lowest BCUT2D eigenvalue weighted by Crippen LogP contribution is -2.16. The summed E-state index contributed by atoms with van der Waals surface area (Å²) in [5.41, 5.74) is 0. The molecule has 12 heavy (non-hydrogen) atoms. The largest absolute Gasteiger partial charge is 0.270 e. The summed E-state index contributed by atoms with van der Waals surface area (Å²) in [7, 11) is 0. The third kappa shape index (κ3) is 2.72. The molecular formula is C9H14NS2+. The maximum absolute atomic E-state index is 3.75. The molecule has 0 aromatic heterocycles. The van der Waals surface area contributed by atoms with Crippen LogP contribution in [0.15, 0.2) is 25.3 Å². The molecule has 3 heteroatoms. The zero-order valence-electron chi connectivity index (χ0n) is 7.16. The van der Waals surface area contributed by atoms with Crippen LogP contribution in [-0.4, -0.2) is 33.5 Å². The fourth-order valence-electron chi connectivity index (χ4n) is 1.02. The lowest BCUT2D eigenvalue weighted by atomic mass is 10.5. The molecule has 1 fully saturated rings. The number of rotatable bonds is 4. The van der Waals surface area contributed by atoms with Crippen LogP contribution in [0.1, 0.15) is 0 Å². The Bertz CT molecular complexity index is 189. The third-order valence-electron chi connectivity index (χ3n) is 1.49. The minimum atomic E-state index is 0.932. The van der Waals surface area contributed by atoms with E-state index in [1.807, 2.05) is 35.7 Å². The van der Waals surface area contributed by atoms with Crippen LogP contribution in [-0.2, 0) is 0 Å². The Labute approximate surface area is 82.6 Å². The predicted octanol–water partition coefficient (Wildman–Crippen LogP) is 2.21. The molecule has 1 aliphatic rings. The van der Waals surface area contributed by atoms with E-state index in [-0.39, 0.29) is 0 Å². The fraction of sp³-hybridized carbons (Fsp3) is 0.444. The van der Waals surface area contributed by atoms with Crippen molar-refractivity contribution < 1.29 is 4.58 Å². The van der Waals surface area contributed by atoms with Gasteiger partial charge in [0.05, 0.1) is 0 Å². The summed E-state index contributed by atoms with van der Waals surface area (Å²) < 4.78 is 3.73. The highest BCUT2D eigenvalue weighted by Gasteiger charge is 2.19. The normalized spacial score (nSPS) is 16.2. The van der Waals surface area contributed by atoms with E-state index in [1.54, 1.807) is 0 Å². The van der Waals surface area contributed by atoms with Crippen LogP contribution in [0.2, 0.25) is 0 Å². The van der Waals surface area contributed by atoms with Crippen molar-refractivity contribution in [2.45, 2.75) is 0 Å². The van der Waals surface area contributed by atoms with Crippen LogP contribution in [0.4, 0.5) is 0 Å². The van der Waals surface area contributed by atoms with Crippen molar-refractivity contribution in [3.05, 3.63) is 25.3 Å². The molecule has 1 aliphatic heterocycles. The number of thioether (sulfide) groups is 2. The van der Waals surface area contributed by atoms with E-state index >= 15 is 0 Å². The van der Waals surface area contributed by atoms with Gasteiger partial charge in [0.1, 0.15) is 0 Å². The average Bonchev–Trinajstić information content (AvgIpc) is 2.56. The van der Waals surface area contributed by atoms with Crippen LogP contribution in [0.25, 0.3) is 0 Å². The van der Waals surface area contributed by atoms with Crippen LogP contribution in [0.3, 0.4) is 0 Å². The molecule has 0 unspecified atom stereocenters. The quantitative estimate of drug-likeness (QED) is 0.505. The SMILES string of the molecule is C=CC[N+](CC=C)=C1SCCS1. The highest BCUT2D eigenvalue weighted by Crippen LogP contribution is 2.25. The monoisotopic (exact) mass is 200 g/mol. The lowest BCUT2D eigenvalue weighted by Gasteiger charge is -1.99. The van der Waals surface area contributed by atoms with Gasteiger partial charge in [-0.05, 0) is 35.7 Å². The minimum absolute atomic E-state index is 0.932. The Kier molecular flexibility index (Phi) is 4.54. The zero-order chi connectivity index (χ0) is 8.81. The van der Waals surface area contributed by atoms with Gasteiger partial charge >= 0.3 is 0 Å². The van der Waals surface area contributed by atoms with E-state index in [4.69, 9.17) is 0 Å². The second-order valence-electron chi connectivity index (χ2n) is 2.45. The van der Waals surface area contributed by atoms with Gasteiger partial charge in [-0.1, -0.05) is 13.2 Å². The van der Waals surface area contributed by atoms with Crippen molar-refractivity contribution in [2.75, 3.05) is 24.6 Å². The molecule has 1 rings (SSSR count). The molecule has 0 N–H and O–H groups in total. The number of hydrogen-bond donors (Lipinski definition) is 0. The molecular weight excluding hydrogens is 186 g/mol. The summed E-state index contributed by atoms with van der Waals surface area (Å²) in [6.07, 6.45) is 3.88. The van der Waals surface area contributed by atoms with Gasteiger partial charge in [0, 0.05) is 11.5 Å². The first kappa shape index (κ1) is 9.93. The maximum atomic E-state index is 3.75. The molecule has 0 spiro atoms. The van der Waals surface area contributed by atoms with E-state index in [2.05, 4.69) is 17.7 Å². The standard InChI is InChI=1S/C9H14NS2/c1-3-5-10(6-4-2)9-11-7-8-12-9/h3-4H,1-2,5-8H2/q+1. The Morgan fingerprint density at radius 1 is 1.17 bits per heavy atom. The van der Waals surface area contributed by atoms with Gasteiger partial charge in [0.15, 0.2) is 13.1 Å². The van der Waals surface area contributed by atoms with Crippen LogP contribution >= 0.6 is 23.5 Å². The topological polar surface area (TPSA) is 3.01 Å². The van der Waals surface area contributed by atoms with Crippen LogP contribution in [0.5, 0.6) is 0 Å². The van der Waals surface area contributed by atoms with E-state index in [0.29, 0.717) is 0 Å². The molecule has 0 amide bonds. The summed E-state index contributed by atoms with van der Waals surface area (Å²) in [5.74, 6) is 2.48. The van der Waals surface area contributed by atoms with Gasteiger partial charge in [-0.15, -0.1) is 0 Å². The minimum Gasteiger partial charge on any atom is -0.211 e. The highest BCUT2D eigenvalue weighted by atomic mass is 32.2. The van der Waals surface area contributed by atoms with Crippen LogP contribution in [0, 0.1) is 0 Å². The van der Waals surface area contributed by atoms with E-state index in [1.165, 1.54) is 15.9 Å². The van der Waals surface area contributed by atoms with Crippen molar-refractivity contribution in [3.63, 3.8) is 0 Å². The first-order valence-electron chi connectivity index (χ1n) is 3.97. The first-order valence-corrected chi connectivity index (χ1v) is 5.95. The van der Waals surface area contributed by atoms with Gasteiger partial charge < -0.3 is 0 Å². The number of hydrogen-bond acceptors (Lipinski definition) is 2. The lowest BCUT2D eigenvalue weighted by molar-refractivity contribution is -0.501. The molecule has 1 heterocycles. The van der Waals surface area contributed by atoms with E-state index in [9.17, 15) is 0 Å². The molecule has 0 aromatic carbocycles. The van der Waals surface area contributed by atoms with Gasteiger partial charge in [-0.25, -0.2) is 4.58 Å². The third-order valence-corrected chi connectivity index (χ3v) is 4.28. The van der Waals surface area contributed by atoms with Crippen molar-refractivity contribution in [2.24, 2.45) is 0 Å². The summed E-state index contributed by atoms with van der Waals surface area (Å²) in [5, 5.41) is 0. The average molecular weight is 200 g/mol. The fourth-order valence-corrected chi connectivity index (χ4v) is 3.53. The van der Waals surface area contributed by atoms with Crippen molar-refractivity contribution in [3.8, 4) is 0 Å².